The lowest BCUT2D eigenvalue weighted by molar-refractivity contribution is -0.167. The number of carbonyl (C=O) groups is 1. The molecule has 0 bridgehead atoms. The molecule has 0 fully saturated rings. The zero-order valence-electron chi connectivity index (χ0n) is 15.4. The van der Waals surface area contributed by atoms with Crippen molar-refractivity contribution in [2.45, 2.75) is 12.3 Å². The quantitative estimate of drug-likeness (QED) is 0.483. The molecule has 152 valence electrons. The fourth-order valence-corrected chi connectivity index (χ4v) is 5.81. The van der Waals surface area contributed by atoms with Crippen LogP contribution in [-0.2, 0) is 11.0 Å². The van der Waals surface area contributed by atoms with Gasteiger partial charge in [-0.05, 0) is 52.2 Å². The van der Waals surface area contributed by atoms with Gasteiger partial charge in [0, 0.05) is 10.6 Å². The van der Waals surface area contributed by atoms with Crippen molar-refractivity contribution in [2.24, 2.45) is 0 Å². The fourth-order valence-electron chi connectivity index (χ4n) is 2.90. The number of nitrogens with one attached hydrogen (secondary N) is 1. The van der Waals surface area contributed by atoms with Crippen molar-refractivity contribution in [3.8, 4) is 6.07 Å². The number of hydrogen-bond acceptors (Lipinski definition) is 2. The molecule has 0 aromatic heterocycles. The highest BCUT2D eigenvalue weighted by atomic mass is 79.9. The van der Waals surface area contributed by atoms with Crippen LogP contribution in [0.15, 0.2) is 77.3 Å². The minimum atomic E-state index is -5.02. The summed E-state index contributed by atoms with van der Waals surface area (Å²) < 4.78 is 38.8. The molecule has 0 unspecified atom stereocenters. The van der Waals surface area contributed by atoms with Crippen LogP contribution < -0.4 is 15.9 Å². The number of halogens is 4. The Kier molecular flexibility index (Phi) is 6.91. The van der Waals surface area contributed by atoms with Gasteiger partial charge in [0.05, 0.1) is 17.3 Å². The summed E-state index contributed by atoms with van der Waals surface area (Å²) in [4.78, 5) is 11.6. The van der Waals surface area contributed by atoms with Crippen molar-refractivity contribution < 1.29 is 18.0 Å². The highest BCUT2D eigenvalue weighted by Crippen LogP contribution is 2.42. The summed E-state index contributed by atoms with van der Waals surface area (Å²) in [5, 5.41) is 13.4. The molecule has 0 aliphatic heterocycles. The number of nitriles is 1. The monoisotopic (exact) mass is 490 g/mol. The molecule has 3 rings (SSSR count). The predicted octanol–water partition coefficient (Wildman–Crippen LogP) is 5.45. The lowest BCUT2D eigenvalue weighted by Gasteiger charge is -2.22. The molecule has 3 aromatic rings. The van der Waals surface area contributed by atoms with Crippen LogP contribution in [0.3, 0.4) is 0 Å². The molecule has 30 heavy (non-hydrogen) atoms. The first-order valence-electron chi connectivity index (χ1n) is 8.78. The summed E-state index contributed by atoms with van der Waals surface area (Å²) in [6, 6.07) is 24.2. The summed E-state index contributed by atoms with van der Waals surface area (Å²) >= 11 is 3.21. The second kappa shape index (κ2) is 9.42. The third-order valence-corrected chi connectivity index (χ3v) is 7.39. The Morgan fingerprint density at radius 1 is 1.00 bits per heavy atom. The van der Waals surface area contributed by atoms with E-state index in [-0.39, 0.29) is 15.7 Å². The Balaban J connectivity index is 2.09. The van der Waals surface area contributed by atoms with Crippen LogP contribution in [-0.4, -0.2) is 12.1 Å². The van der Waals surface area contributed by atoms with Crippen LogP contribution in [0.2, 0.25) is 0 Å². The standard InChI is InChI=1S/C22H15BrF3N2OP/c23-19-12-15(13-27)11-16(20(19)28-21(29)22(24,25)26)14-30(17-7-3-1-4-8-17)18-9-5-2-6-10-18/h1-12H,14H2,(H,28,29). The molecule has 0 aliphatic carbocycles. The van der Waals surface area contributed by atoms with Gasteiger partial charge in [-0.15, -0.1) is 0 Å². The van der Waals surface area contributed by atoms with E-state index in [1.165, 1.54) is 12.1 Å². The molecule has 1 amide bonds. The number of benzene rings is 3. The summed E-state index contributed by atoms with van der Waals surface area (Å²) in [5.41, 5.74) is 0.769. The van der Waals surface area contributed by atoms with Crippen LogP contribution in [0.5, 0.6) is 0 Å². The van der Waals surface area contributed by atoms with Gasteiger partial charge < -0.3 is 5.32 Å². The molecule has 1 N–H and O–H groups in total. The van der Waals surface area contributed by atoms with Crippen LogP contribution in [0, 0.1) is 11.3 Å². The van der Waals surface area contributed by atoms with Gasteiger partial charge in [-0.25, -0.2) is 0 Å². The molecule has 0 spiro atoms. The maximum atomic E-state index is 12.9. The van der Waals surface area contributed by atoms with Crippen LogP contribution >= 0.6 is 23.9 Å². The molecule has 3 nitrogen and oxygen atoms in total. The predicted molar refractivity (Wildman–Crippen MR) is 116 cm³/mol. The highest BCUT2D eigenvalue weighted by Gasteiger charge is 2.39. The lowest BCUT2D eigenvalue weighted by Crippen LogP contribution is -2.30. The summed E-state index contributed by atoms with van der Waals surface area (Å²) in [5.74, 6) is -2.06. The molecule has 0 aliphatic rings. The maximum Gasteiger partial charge on any atom is 0.471 e. The van der Waals surface area contributed by atoms with Crippen LogP contribution in [0.25, 0.3) is 0 Å². The SMILES string of the molecule is N#Cc1cc(Br)c(NC(=O)C(F)(F)F)c(CP(c2ccccc2)c2ccccc2)c1. The Morgan fingerprint density at radius 2 is 1.53 bits per heavy atom. The van der Waals surface area contributed by atoms with E-state index < -0.39 is 20.0 Å². The molecular weight excluding hydrogens is 476 g/mol. The number of hydrogen-bond donors (Lipinski definition) is 1. The van der Waals surface area contributed by atoms with E-state index in [1.807, 2.05) is 72.0 Å². The molecule has 8 heteroatoms. The van der Waals surface area contributed by atoms with Gasteiger partial charge in [0.2, 0.25) is 0 Å². The lowest BCUT2D eigenvalue weighted by atomic mass is 10.1. The molecular formula is C22H15BrF3N2OP. The molecule has 0 atom stereocenters. The number of rotatable bonds is 5. The third-order valence-electron chi connectivity index (χ3n) is 4.26. The van der Waals surface area contributed by atoms with Crippen molar-refractivity contribution in [3.63, 3.8) is 0 Å². The largest absolute Gasteiger partial charge is 0.471 e. The number of anilines is 1. The number of amides is 1. The molecule has 3 aromatic carbocycles. The Bertz CT molecular complexity index is 1040. The van der Waals surface area contributed by atoms with Gasteiger partial charge in [0.25, 0.3) is 0 Å². The third kappa shape index (κ3) is 5.27. The Hall–Kier alpha value is -2.68. The van der Waals surface area contributed by atoms with Gasteiger partial charge in [-0.2, -0.15) is 18.4 Å². The van der Waals surface area contributed by atoms with E-state index in [9.17, 15) is 23.2 Å². The molecule has 0 saturated heterocycles. The average molecular weight is 491 g/mol. The van der Waals surface area contributed by atoms with Crippen molar-refractivity contribution >= 4 is 46.1 Å². The van der Waals surface area contributed by atoms with Crippen molar-refractivity contribution in [3.05, 3.63) is 88.4 Å². The van der Waals surface area contributed by atoms with Gasteiger partial charge >= 0.3 is 12.1 Å². The van der Waals surface area contributed by atoms with Gasteiger partial charge in [0.1, 0.15) is 0 Å². The molecule has 0 heterocycles. The van der Waals surface area contributed by atoms with Gasteiger partial charge in [-0.3, -0.25) is 4.79 Å². The fraction of sp³-hybridized carbons (Fsp3) is 0.0909. The minimum Gasteiger partial charge on any atom is -0.317 e. The maximum absolute atomic E-state index is 12.9. The topological polar surface area (TPSA) is 52.9 Å². The number of carbonyl (C=O) groups excluding carboxylic acids is 1. The van der Waals surface area contributed by atoms with E-state index in [0.717, 1.165) is 10.6 Å². The minimum absolute atomic E-state index is 0.0238. The van der Waals surface area contributed by atoms with Crippen LogP contribution in [0.4, 0.5) is 18.9 Å². The average Bonchev–Trinajstić information content (AvgIpc) is 2.74. The zero-order chi connectivity index (χ0) is 21.7. The first-order valence-corrected chi connectivity index (χ1v) is 11.1. The molecule has 0 radical (unpaired) electrons. The summed E-state index contributed by atoms with van der Waals surface area (Å²) in [6.07, 6.45) is -4.67. The van der Waals surface area contributed by atoms with E-state index >= 15 is 0 Å². The molecule has 0 saturated carbocycles. The summed E-state index contributed by atoms with van der Waals surface area (Å²) in [7, 11) is -0.989. The van der Waals surface area contributed by atoms with Crippen LogP contribution in [0.1, 0.15) is 11.1 Å². The van der Waals surface area contributed by atoms with Gasteiger partial charge in [-0.1, -0.05) is 60.7 Å². The van der Waals surface area contributed by atoms with Crippen molar-refractivity contribution in [2.75, 3.05) is 5.32 Å². The first-order chi connectivity index (χ1) is 14.3. The van der Waals surface area contributed by atoms with Crippen molar-refractivity contribution in [1.82, 2.24) is 0 Å². The zero-order valence-corrected chi connectivity index (χ0v) is 17.9. The van der Waals surface area contributed by atoms with Crippen molar-refractivity contribution in [1.29, 1.82) is 5.26 Å². The highest BCUT2D eigenvalue weighted by molar-refractivity contribution is 9.10. The second-order valence-electron chi connectivity index (χ2n) is 6.31. The second-order valence-corrected chi connectivity index (χ2v) is 9.37. The van der Waals surface area contributed by atoms with E-state index in [2.05, 4.69) is 15.9 Å². The Morgan fingerprint density at radius 3 is 2.00 bits per heavy atom. The number of alkyl halides is 3. The Labute approximate surface area is 181 Å². The summed E-state index contributed by atoms with van der Waals surface area (Å²) in [6.45, 7) is 0. The van der Waals surface area contributed by atoms with E-state index in [0.29, 0.717) is 11.7 Å². The number of nitrogens with zero attached hydrogens (tertiary/aromatic N) is 1. The first kappa shape index (κ1) is 22.0. The van der Waals surface area contributed by atoms with E-state index in [4.69, 9.17) is 0 Å². The van der Waals surface area contributed by atoms with E-state index in [1.54, 1.807) is 0 Å². The van der Waals surface area contributed by atoms with Gasteiger partial charge in [0.15, 0.2) is 0 Å². The smallest absolute Gasteiger partial charge is 0.317 e. The normalized spacial score (nSPS) is 11.2.